The molecule has 34 heavy (non-hydrogen) atoms. The molecule has 0 spiro atoms. The number of nitrogens with one attached hydrogen (secondary N) is 1. The van der Waals surface area contributed by atoms with Crippen LogP contribution in [0.1, 0.15) is 27.3 Å². The highest BCUT2D eigenvalue weighted by Gasteiger charge is 2.17. The first-order valence-electron chi connectivity index (χ1n) is 11.1. The van der Waals surface area contributed by atoms with Gasteiger partial charge >= 0.3 is 0 Å². The summed E-state index contributed by atoms with van der Waals surface area (Å²) in [6.45, 7) is 3.24. The molecule has 7 heteroatoms. The lowest BCUT2D eigenvalue weighted by atomic mass is 10.1. The van der Waals surface area contributed by atoms with E-state index in [1.165, 1.54) is 32.5 Å². The molecule has 0 saturated heterocycles. The van der Waals surface area contributed by atoms with Gasteiger partial charge in [0.2, 0.25) is 5.75 Å². The molecule has 1 amide bonds. The number of para-hydroxylation sites is 2. The normalized spacial score (nSPS) is 10.8. The van der Waals surface area contributed by atoms with Crippen LogP contribution >= 0.6 is 0 Å². The van der Waals surface area contributed by atoms with Crippen molar-refractivity contribution >= 4 is 16.9 Å². The first kappa shape index (κ1) is 23.2. The first-order chi connectivity index (χ1) is 16.5. The van der Waals surface area contributed by atoms with Crippen molar-refractivity contribution in [1.29, 1.82) is 0 Å². The zero-order valence-electron chi connectivity index (χ0n) is 19.9. The molecule has 1 N–H and O–H groups in total. The summed E-state index contributed by atoms with van der Waals surface area (Å²) in [6, 6.07) is 19.9. The van der Waals surface area contributed by atoms with Gasteiger partial charge in [0, 0.05) is 25.1 Å². The first-order valence-corrected chi connectivity index (χ1v) is 11.1. The van der Waals surface area contributed by atoms with E-state index >= 15 is 0 Å². The summed E-state index contributed by atoms with van der Waals surface area (Å²) in [5, 5.41) is 2.99. The van der Waals surface area contributed by atoms with Crippen LogP contribution in [0, 0.1) is 6.92 Å². The predicted octanol–water partition coefficient (Wildman–Crippen LogP) is 4.39. The van der Waals surface area contributed by atoms with E-state index in [1.54, 1.807) is 12.1 Å². The smallest absolute Gasteiger partial charge is 0.251 e. The van der Waals surface area contributed by atoms with Crippen molar-refractivity contribution in [1.82, 2.24) is 14.9 Å². The summed E-state index contributed by atoms with van der Waals surface area (Å²) < 4.78 is 18.3. The van der Waals surface area contributed by atoms with E-state index in [-0.39, 0.29) is 5.91 Å². The Balaban J connectivity index is 1.52. The van der Waals surface area contributed by atoms with Crippen LogP contribution in [0.25, 0.3) is 11.0 Å². The van der Waals surface area contributed by atoms with Crippen LogP contribution in [0.15, 0.2) is 60.7 Å². The lowest BCUT2D eigenvalue weighted by Gasteiger charge is -2.14. The number of hydrogen-bond donors (Lipinski definition) is 1. The summed E-state index contributed by atoms with van der Waals surface area (Å²) in [6.07, 6.45) is 0.594. The second-order valence-corrected chi connectivity index (χ2v) is 8.01. The number of aromatic nitrogens is 2. The summed E-state index contributed by atoms with van der Waals surface area (Å²) in [5.74, 6) is 2.03. The van der Waals surface area contributed by atoms with Crippen LogP contribution < -0.4 is 19.5 Å². The lowest BCUT2D eigenvalue weighted by Crippen LogP contribution is -2.26. The second kappa shape index (κ2) is 10.3. The average molecular weight is 460 g/mol. The van der Waals surface area contributed by atoms with Gasteiger partial charge in [-0.3, -0.25) is 4.79 Å². The molecule has 0 saturated carbocycles. The molecule has 0 aliphatic carbocycles. The Morgan fingerprint density at radius 3 is 2.26 bits per heavy atom. The third-order valence-electron chi connectivity index (χ3n) is 5.76. The van der Waals surface area contributed by atoms with Gasteiger partial charge in [-0.1, -0.05) is 42.0 Å². The molecule has 0 radical (unpaired) electrons. The molecule has 0 aliphatic heterocycles. The molecule has 7 nitrogen and oxygen atoms in total. The zero-order chi connectivity index (χ0) is 24.1. The van der Waals surface area contributed by atoms with Gasteiger partial charge in [0.05, 0.1) is 32.4 Å². The Labute approximate surface area is 199 Å². The van der Waals surface area contributed by atoms with Crippen LogP contribution in [0.2, 0.25) is 0 Å². The molecule has 4 aromatic rings. The van der Waals surface area contributed by atoms with Crippen molar-refractivity contribution < 1.29 is 19.0 Å². The number of amides is 1. The zero-order valence-corrected chi connectivity index (χ0v) is 19.9. The van der Waals surface area contributed by atoms with Crippen molar-refractivity contribution in [3.8, 4) is 17.2 Å². The largest absolute Gasteiger partial charge is 0.493 e. The van der Waals surface area contributed by atoms with Crippen LogP contribution in [0.5, 0.6) is 17.2 Å². The van der Waals surface area contributed by atoms with E-state index in [1.807, 2.05) is 18.2 Å². The number of benzene rings is 3. The highest BCUT2D eigenvalue weighted by Crippen LogP contribution is 2.38. The number of carbonyl (C=O) groups is 1. The third-order valence-corrected chi connectivity index (χ3v) is 5.76. The van der Waals surface area contributed by atoms with Gasteiger partial charge in [-0.25, -0.2) is 4.98 Å². The summed E-state index contributed by atoms with van der Waals surface area (Å²) in [5.41, 5.74) is 4.89. The number of rotatable bonds is 9. The van der Waals surface area contributed by atoms with Gasteiger partial charge < -0.3 is 24.1 Å². The molecule has 0 bridgehead atoms. The fourth-order valence-electron chi connectivity index (χ4n) is 3.97. The van der Waals surface area contributed by atoms with Crippen LogP contribution in [0.4, 0.5) is 0 Å². The van der Waals surface area contributed by atoms with Gasteiger partial charge in [0.15, 0.2) is 11.5 Å². The predicted molar refractivity (Wildman–Crippen MR) is 132 cm³/mol. The molecular formula is C27H29N3O4. The van der Waals surface area contributed by atoms with Gasteiger partial charge in [-0.2, -0.15) is 0 Å². The maximum absolute atomic E-state index is 12.9. The Morgan fingerprint density at radius 2 is 1.62 bits per heavy atom. The van der Waals surface area contributed by atoms with Crippen LogP contribution in [-0.4, -0.2) is 43.3 Å². The number of ether oxygens (including phenoxy) is 3. The highest BCUT2D eigenvalue weighted by molar-refractivity contribution is 5.95. The maximum atomic E-state index is 12.9. The summed E-state index contributed by atoms with van der Waals surface area (Å²) >= 11 is 0. The fourth-order valence-corrected chi connectivity index (χ4v) is 3.97. The number of carbonyl (C=O) groups excluding carboxylic acids is 1. The van der Waals surface area contributed by atoms with Gasteiger partial charge in [-0.15, -0.1) is 0 Å². The Morgan fingerprint density at radius 1 is 0.941 bits per heavy atom. The number of methoxy groups -OCH3 is 3. The van der Waals surface area contributed by atoms with E-state index in [9.17, 15) is 4.79 Å². The van der Waals surface area contributed by atoms with E-state index < -0.39 is 0 Å². The molecule has 0 fully saturated rings. The monoisotopic (exact) mass is 459 g/mol. The molecule has 0 unspecified atom stereocenters. The Hall–Kier alpha value is -4.00. The lowest BCUT2D eigenvalue weighted by molar-refractivity contribution is 0.0953. The molecule has 4 rings (SSSR count). The van der Waals surface area contributed by atoms with E-state index in [0.717, 1.165) is 23.4 Å². The number of fused-ring (bicyclic) bond motifs is 1. The van der Waals surface area contributed by atoms with E-state index in [2.05, 4.69) is 47.1 Å². The van der Waals surface area contributed by atoms with Gasteiger partial charge in [0.25, 0.3) is 5.91 Å². The van der Waals surface area contributed by atoms with Crippen molar-refractivity contribution in [2.45, 2.75) is 19.9 Å². The minimum Gasteiger partial charge on any atom is -0.493 e. The highest BCUT2D eigenvalue weighted by atomic mass is 16.5. The number of nitrogens with zero attached hydrogens (tertiary/aromatic N) is 2. The van der Waals surface area contributed by atoms with Crippen LogP contribution in [0.3, 0.4) is 0 Å². The molecule has 176 valence electrons. The van der Waals surface area contributed by atoms with Crippen molar-refractivity contribution in [2.75, 3.05) is 27.9 Å². The molecule has 1 heterocycles. The summed E-state index contributed by atoms with van der Waals surface area (Å²) in [7, 11) is 4.58. The molecule has 1 aromatic heterocycles. The van der Waals surface area contributed by atoms with Crippen LogP contribution in [-0.2, 0) is 13.0 Å². The number of imidazole rings is 1. The summed E-state index contributed by atoms with van der Waals surface area (Å²) in [4.78, 5) is 17.7. The number of hydrogen-bond acceptors (Lipinski definition) is 5. The second-order valence-electron chi connectivity index (χ2n) is 8.01. The average Bonchev–Trinajstić information content (AvgIpc) is 3.21. The van der Waals surface area contributed by atoms with E-state index in [4.69, 9.17) is 19.2 Å². The van der Waals surface area contributed by atoms with Gasteiger partial charge in [-0.05, 0) is 36.8 Å². The third kappa shape index (κ3) is 4.83. The maximum Gasteiger partial charge on any atom is 0.251 e. The molecule has 0 aliphatic rings. The van der Waals surface area contributed by atoms with Crippen molar-refractivity contribution in [2.24, 2.45) is 0 Å². The minimum absolute atomic E-state index is 0.222. The SMILES string of the molecule is COc1cc(C(=O)NCCc2nc3ccccc3n2Cc2ccc(C)cc2)cc(OC)c1OC. The van der Waals surface area contributed by atoms with Crippen molar-refractivity contribution in [3.63, 3.8) is 0 Å². The number of aryl methyl sites for hydroxylation is 1. The Kier molecular flexibility index (Phi) is 7.01. The fraction of sp³-hybridized carbons (Fsp3) is 0.259. The van der Waals surface area contributed by atoms with Gasteiger partial charge in [0.1, 0.15) is 5.82 Å². The molecular weight excluding hydrogens is 430 g/mol. The minimum atomic E-state index is -0.222. The Bertz CT molecular complexity index is 1270. The molecule has 3 aromatic carbocycles. The topological polar surface area (TPSA) is 74.6 Å². The quantitative estimate of drug-likeness (QED) is 0.402. The van der Waals surface area contributed by atoms with Crippen molar-refractivity contribution in [3.05, 3.63) is 83.2 Å². The standard InChI is InChI=1S/C27H29N3O4/c1-18-9-11-19(12-10-18)17-30-22-8-6-5-7-21(22)29-25(30)13-14-28-27(31)20-15-23(32-2)26(34-4)24(16-20)33-3/h5-12,15-16H,13-14,17H2,1-4H3,(H,28,31). The molecule has 0 atom stereocenters. The van der Waals surface area contributed by atoms with E-state index in [0.29, 0.717) is 35.8 Å².